The summed E-state index contributed by atoms with van der Waals surface area (Å²) < 4.78 is 25.0. The Morgan fingerprint density at radius 2 is 2.33 bits per heavy atom. The number of rotatable bonds is 1. The zero-order valence-corrected chi connectivity index (χ0v) is 9.44. The Balaban J connectivity index is 2.51. The van der Waals surface area contributed by atoms with Gasteiger partial charge in [-0.25, -0.2) is 4.39 Å². The van der Waals surface area contributed by atoms with Crippen LogP contribution in [0.3, 0.4) is 0 Å². The summed E-state index contributed by atoms with van der Waals surface area (Å²) in [4.78, 5) is 0.785. The van der Waals surface area contributed by atoms with E-state index in [-0.39, 0.29) is 11.9 Å². The van der Waals surface area contributed by atoms with Crippen LogP contribution in [-0.4, -0.2) is 17.0 Å². The highest BCUT2D eigenvalue weighted by molar-refractivity contribution is 7.85. The van der Waals surface area contributed by atoms with Crippen molar-refractivity contribution in [1.82, 2.24) is 5.32 Å². The smallest absolute Gasteiger partial charge is 0.123 e. The second-order valence-electron chi connectivity index (χ2n) is 3.72. The molecule has 0 bridgehead atoms. The topological polar surface area (TPSA) is 29.1 Å². The third-order valence-corrected chi connectivity index (χ3v) is 4.29. The average molecular weight is 227 g/mol. The fourth-order valence-electron chi connectivity index (χ4n) is 1.98. The second kappa shape index (κ2) is 4.41. The summed E-state index contributed by atoms with van der Waals surface area (Å²) in [6.07, 6.45) is 1.83. The van der Waals surface area contributed by atoms with Crippen molar-refractivity contribution in [3.05, 3.63) is 29.6 Å². The van der Waals surface area contributed by atoms with Gasteiger partial charge in [0.2, 0.25) is 0 Å². The van der Waals surface area contributed by atoms with E-state index in [1.165, 1.54) is 12.1 Å². The van der Waals surface area contributed by atoms with Crippen LogP contribution in [0.25, 0.3) is 0 Å². The third-order valence-electron chi connectivity index (χ3n) is 2.76. The van der Waals surface area contributed by atoms with Crippen LogP contribution in [0.1, 0.15) is 24.4 Å². The highest BCUT2D eigenvalue weighted by Crippen LogP contribution is 2.29. The highest BCUT2D eigenvalue weighted by Gasteiger charge is 2.21. The van der Waals surface area contributed by atoms with Gasteiger partial charge >= 0.3 is 0 Å². The fourth-order valence-corrected chi connectivity index (χ4v) is 3.32. The van der Waals surface area contributed by atoms with E-state index in [0.717, 1.165) is 23.3 Å². The maximum atomic E-state index is 13.1. The van der Waals surface area contributed by atoms with Gasteiger partial charge in [0.05, 0.1) is 10.8 Å². The maximum Gasteiger partial charge on any atom is 0.123 e. The first kappa shape index (κ1) is 10.8. The van der Waals surface area contributed by atoms with Crippen LogP contribution in [-0.2, 0) is 10.8 Å². The van der Waals surface area contributed by atoms with Crippen molar-refractivity contribution in [2.45, 2.75) is 23.8 Å². The third kappa shape index (κ3) is 2.11. The van der Waals surface area contributed by atoms with Crippen LogP contribution in [0.2, 0.25) is 0 Å². The normalized spacial score (nSPS) is 25.7. The summed E-state index contributed by atoms with van der Waals surface area (Å²) in [5.41, 5.74) is 0.855. The molecule has 15 heavy (non-hydrogen) atoms. The molecule has 82 valence electrons. The molecule has 1 N–H and O–H groups in total. The van der Waals surface area contributed by atoms with Crippen molar-refractivity contribution in [1.29, 1.82) is 0 Å². The van der Waals surface area contributed by atoms with Crippen molar-refractivity contribution in [2.24, 2.45) is 0 Å². The average Bonchev–Trinajstić information content (AvgIpc) is 2.38. The monoisotopic (exact) mass is 227 g/mol. The maximum absolute atomic E-state index is 13.1. The number of halogens is 1. The number of benzene rings is 1. The van der Waals surface area contributed by atoms with Crippen LogP contribution in [0.15, 0.2) is 23.1 Å². The van der Waals surface area contributed by atoms with Crippen molar-refractivity contribution in [3.63, 3.8) is 0 Å². The standard InChI is InChI=1S/C11H14FNOS/c1-13-10-3-2-6-15(14)11-5-4-8(12)7-9(10)11/h4-5,7,10,13H,2-3,6H2,1H3. The van der Waals surface area contributed by atoms with E-state index in [1.807, 2.05) is 7.05 Å². The summed E-state index contributed by atoms with van der Waals surface area (Å²) >= 11 is 0. The summed E-state index contributed by atoms with van der Waals surface area (Å²) in [7, 11) is 0.885. The molecular weight excluding hydrogens is 213 g/mol. The lowest BCUT2D eigenvalue weighted by atomic mass is 10.0. The first-order valence-corrected chi connectivity index (χ1v) is 6.39. The van der Waals surface area contributed by atoms with Crippen molar-refractivity contribution < 1.29 is 8.60 Å². The minimum Gasteiger partial charge on any atom is -0.313 e. The van der Waals surface area contributed by atoms with Gasteiger partial charge in [0, 0.05) is 16.7 Å². The van der Waals surface area contributed by atoms with Gasteiger partial charge in [-0.1, -0.05) is 0 Å². The van der Waals surface area contributed by atoms with Gasteiger partial charge in [-0.05, 0) is 43.7 Å². The summed E-state index contributed by atoms with van der Waals surface area (Å²) in [6, 6.07) is 4.66. The molecule has 4 heteroatoms. The predicted octanol–water partition coefficient (Wildman–Crippen LogP) is 1.99. The Kier molecular flexibility index (Phi) is 3.17. The number of fused-ring (bicyclic) bond motifs is 1. The number of hydrogen-bond acceptors (Lipinski definition) is 2. The molecule has 1 aliphatic rings. The zero-order chi connectivity index (χ0) is 10.8. The lowest BCUT2D eigenvalue weighted by Crippen LogP contribution is -2.16. The van der Waals surface area contributed by atoms with Crippen molar-refractivity contribution in [2.75, 3.05) is 12.8 Å². The summed E-state index contributed by atoms with van der Waals surface area (Å²) in [5.74, 6) is 0.421. The fraction of sp³-hybridized carbons (Fsp3) is 0.455. The lowest BCUT2D eigenvalue weighted by molar-refractivity contribution is 0.534. The molecule has 2 unspecified atom stereocenters. The van der Waals surface area contributed by atoms with Crippen LogP contribution in [0.5, 0.6) is 0 Å². The van der Waals surface area contributed by atoms with Gasteiger partial charge in [-0.15, -0.1) is 0 Å². The van der Waals surface area contributed by atoms with Crippen LogP contribution < -0.4 is 5.32 Å². The molecule has 1 aliphatic heterocycles. The van der Waals surface area contributed by atoms with Crippen molar-refractivity contribution >= 4 is 10.8 Å². The molecule has 0 fully saturated rings. The highest BCUT2D eigenvalue weighted by atomic mass is 32.2. The Morgan fingerprint density at radius 3 is 3.07 bits per heavy atom. The second-order valence-corrected chi connectivity index (χ2v) is 5.25. The van der Waals surface area contributed by atoms with E-state index >= 15 is 0 Å². The molecule has 0 aromatic heterocycles. The van der Waals surface area contributed by atoms with E-state index in [2.05, 4.69) is 5.32 Å². The Labute approximate surface area is 91.3 Å². The molecule has 0 spiro atoms. The molecule has 2 rings (SSSR count). The Hall–Kier alpha value is -0.740. The van der Waals surface area contributed by atoms with Crippen molar-refractivity contribution in [3.8, 4) is 0 Å². The van der Waals surface area contributed by atoms with E-state index in [1.54, 1.807) is 6.07 Å². The quantitative estimate of drug-likeness (QED) is 0.795. The van der Waals surface area contributed by atoms with Crippen LogP contribution in [0.4, 0.5) is 4.39 Å². The SMILES string of the molecule is CNC1CCCS(=O)c2ccc(F)cc21. The molecule has 2 nitrogen and oxygen atoms in total. The minimum absolute atomic E-state index is 0.127. The van der Waals surface area contributed by atoms with Gasteiger partial charge in [-0.2, -0.15) is 0 Å². The molecule has 0 saturated carbocycles. The van der Waals surface area contributed by atoms with Gasteiger partial charge in [0.15, 0.2) is 0 Å². The van der Waals surface area contributed by atoms with Gasteiger partial charge in [0.25, 0.3) is 0 Å². The lowest BCUT2D eigenvalue weighted by Gasteiger charge is -2.15. The number of hydrogen-bond donors (Lipinski definition) is 1. The molecule has 1 aromatic rings. The van der Waals surface area contributed by atoms with Gasteiger partial charge in [0.1, 0.15) is 5.82 Å². The van der Waals surface area contributed by atoms with E-state index < -0.39 is 10.8 Å². The van der Waals surface area contributed by atoms with Crippen LogP contribution in [0, 0.1) is 5.82 Å². The van der Waals surface area contributed by atoms with E-state index in [9.17, 15) is 8.60 Å². The first-order chi connectivity index (χ1) is 7.22. The largest absolute Gasteiger partial charge is 0.313 e. The molecule has 1 aromatic carbocycles. The van der Waals surface area contributed by atoms with Crippen LogP contribution >= 0.6 is 0 Å². The van der Waals surface area contributed by atoms with Gasteiger partial charge < -0.3 is 5.32 Å². The molecule has 0 saturated heterocycles. The Bertz CT molecular complexity index is 394. The molecule has 0 aliphatic carbocycles. The zero-order valence-electron chi connectivity index (χ0n) is 8.63. The Morgan fingerprint density at radius 1 is 1.53 bits per heavy atom. The van der Waals surface area contributed by atoms with E-state index in [4.69, 9.17) is 0 Å². The van der Waals surface area contributed by atoms with Gasteiger partial charge in [-0.3, -0.25) is 4.21 Å². The molecular formula is C11H14FNOS. The molecule has 1 heterocycles. The summed E-state index contributed by atoms with van der Waals surface area (Å²) in [5, 5.41) is 3.15. The summed E-state index contributed by atoms with van der Waals surface area (Å²) in [6.45, 7) is 0. The number of nitrogens with one attached hydrogen (secondary N) is 1. The van der Waals surface area contributed by atoms with E-state index in [0.29, 0.717) is 5.75 Å². The first-order valence-electron chi connectivity index (χ1n) is 5.07. The minimum atomic E-state index is -0.970. The predicted molar refractivity (Wildman–Crippen MR) is 58.7 cm³/mol. The molecule has 2 atom stereocenters. The molecule has 0 amide bonds. The molecule has 0 radical (unpaired) electrons.